The van der Waals surface area contributed by atoms with Crippen molar-refractivity contribution >= 4 is 21.8 Å². The molecule has 0 aliphatic carbocycles. The lowest BCUT2D eigenvalue weighted by atomic mass is 10.1. The highest BCUT2D eigenvalue weighted by Crippen LogP contribution is 2.32. The van der Waals surface area contributed by atoms with Crippen molar-refractivity contribution < 1.29 is 36.2 Å². The Balaban J connectivity index is 1.84. The van der Waals surface area contributed by atoms with Gasteiger partial charge in [-0.25, -0.2) is 13.4 Å². The molecule has 8 nitrogen and oxygen atoms in total. The fraction of sp³-hybridized carbons (Fsp3) is 0.455. The van der Waals surface area contributed by atoms with Crippen LogP contribution in [0.2, 0.25) is 0 Å². The van der Waals surface area contributed by atoms with Gasteiger partial charge in [-0.2, -0.15) is 17.5 Å². The number of piperazine rings is 1. The number of carboxylic acids is 1. The third kappa shape index (κ3) is 5.44. The van der Waals surface area contributed by atoms with E-state index in [2.05, 4.69) is 4.98 Å². The van der Waals surface area contributed by atoms with Gasteiger partial charge in [0.05, 0.1) is 17.6 Å². The second kappa shape index (κ2) is 9.79. The molecule has 0 bridgehead atoms. The Labute approximate surface area is 196 Å². The van der Waals surface area contributed by atoms with Gasteiger partial charge in [0.1, 0.15) is 11.6 Å². The number of sulfonamides is 1. The number of carbonyl (C=O) groups is 1. The Morgan fingerprint density at radius 3 is 2.32 bits per heavy atom. The molecule has 1 saturated heterocycles. The lowest BCUT2D eigenvalue weighted by molar-refractivity contribution is -0.138. The number of alkyl halides is 3. The van der Waals surface area contributed by atoms with Crippen LogP contribution in [0, 0.1) is 0 Å². The molecule has 0 unspecified atom stereocenters. The van der Waals surface area contributed by atoms with E-state index in [9.17, 15) is 26.4 Å². The molecule has 1 aliphatic rings. The number of hydrogen-bond acceptors (Lipinski definition) is 6. The molecule has 1 aliphatic heterocycles. The number of rotatable bonds is 7. The Kier molecular flexibility index (Phi) is 7.41. The first-order valence-corrected chi connectivity index (χ1v) is 12.0. The molecule has 3 rings (SSSR count). The van der Waals surface area contributed by atoms with Crippen molar-refractivity contribution in [3.05, 3.63) is 47.7 Å². The maximum Gasteiger partial charge on any atom is 0.417 e. The van der Waals surface area contributed by atoms with Crippen LogP contribution in [0.25, 0.3) is 0 Å². The van der Waals surface area contributed by atoms with Gasteiger partial charge in [0.2, 0.25) is 10.0 Å². The molecule has 0 radical (unpaired) electrons. The van der Waals surface area contributed by atoms with Gasteiger partial charge in [0, 0.05) is 37.8 Å². The van der Waals surface area contributed by atoms with Crippen LogP contribution >= 0.6 is 0 Å². The first-order chi connectivity index (χ1) is 15.8. The van der Waals surface area contributed by atoms with Gasteiger partial charge in [0.25, 0.3) is 0 Å². The first kappa shape index (κ1) is 25.8. The predicted octanol–water partition coefficient (Wildman–Crippen LogP) is 3.41. The molecule has 0 amide bonds. The second-order valence-electron chi connectivity index (χ2n) is 8.21. The van der Waals surface area contributed by atoms with E-state index in [1.807, 2.05) is 0 Å². The highest BCUT2D eigenvalue weighted by Gasteiger charge is 2.39. The number of aliphatic carboxylic acids is 1. The van der Waals surface area contributed by atoms with Crippen molar-refractivity contribution in [3.8, 4) is 5.75 Å². The van der Waals surface area contributed by atoms with Crippen molar-refractivity contribution in [2.24, 2.45) is 0 Å². The van der Waals surface area contributed by atoms with Gasteiger partial charge in [-0.15, -0.1) is 0 Å². The van der Waals surface area contributed by atoms with Crippen LogP contribution in [0.15, 0.2) is 41.4 Å². The molecule has 186 valence electrons. The molecule has 0 saturated carbocycles. The SMILES string of the molecule is COc1ccc(S(=O)(=O)N2[C@H](C)CN(c3ccc(C(F)(F)F)cn3)C[C@@H]2C)cc1CCC(=O)O. The van der Waals surface area contributed by atoms with Crippen molar-refractivity contribution in [1.82, 2.24) is 9.29 Å². The van der Waals surface area contributed by atoms with Gasteiger partial charge in [-0.3, -0.25) is 4.79 Å². The maximum atomic E-state index is 13.5. The van der Waals surface area contributed by atoms with Gasteiger partial charge in [-0.1, -0.05) is 0 Å². The van der Waals surface area contributed by atoms with Crippen LogP contribution in [-0.2, 0) is 27.4 Å². The molecule has 12 heteroatoms. The highest BCUT2D eigenvalue weighted by atomic mass is 32.2. The zero-order chi connectivity index (χ0) is 25.3. The summed E-state index contributed by atoms with van der Waals surface area (Å²) in [5.41, 5.74) is -0.379. The van der Waals surface area contributed by atoms with E-state index in [4.69, 9.17) is 9.84 Å². The van der Waals surface area contributed by atoms with Gasteiger partial charge >= 0.3 is 12.1 Å². The minimum atomic E-state index is -4.49. The quantitative estimate of drug-likeness (QED) is 0.621. The Morgan fingerprint density at radius 2 is 1.82 bits per heavy atom. The molecule has 2 heterocycles. The molecular formula is C22H26F3N3O5S. The molecule has 2 aromatic rings. The molecule has 1 N–H and O–H groups in total. The zero-order valence-corrected chi connectivity index (χ0v) is 19.7. The summed E-state index contributed by atoms with van der Waals surface area (Å²) in [7, 11) is -2.52. The van der Waals surface area contributed by atoms with Gasteiger partial charge in [-0.05, 0) is 56.2 Å². The van der Waals surface area contributed by atoms with Crippen LogP contribution < -0.4 is 9.64 Å². The van der Waals surface area contributed by atoms with Crippen molar-refractivity contribution in [3.63, 3.8) is 0 Å². The van der Waals surface area contributed by atoms with Crippen LogP contribution in [0.4, 0.5) is 19.0 Å². The minimum absolute atomic E-state index is 0.0218. The summed E-state index contributed by atoms with van der Waals surface area (Å²) in [6.07, 6.45) is -3.78. The average molecular weight is 502 g/mol. The predicted molar refractivity (Wildman–Crippen MR) is 118 cm³/mol. The number of benzene rings is 1. The molecule has 1 aromatic heterocycles. The fourth-order valence-corrected chi connectivity index (χ4v) is 6.04. The normalized spacial score (nSPS) is 19.8. The third-order valence-electron chi connectivity index (χ3n) is 5.67. The van der Waals surface area contributed by atoms with E-state index in [1.165, 1.54) is 35.7 Å². The number of anilines is 1. The fourth-order valence-electron chi connectivity index (χ4n) is 4.18. The average Bonchev–Trinajstić information content (AvgIpc) is 2.76. The topological polar surface area (TPSA) is 100 Å². The number of nitrogens with zero attached hydrogens (tertiary/aromatic N) is 3. The minimum Gasteiger partial charge on any atom is -0.496 e. The smallest absolute Gasteiger partial charge is 0.417 e. The molecule has 1 fully saturated rings. The Hall–Kier alpha value is -2.86. The molecule has 2 atom stereocenters. The summed E-state index contributed by atoms with van der Waals surface area (Å²) in [5, 5.41) is 8.98. The number of hydrogen-bond donors (Lipinski definition) is 1. The van der Waals surface area contributed by atoms with E-state index < -0.39 is 39.8 Å². The van der Waals surface area contributed by atoms with Crippen molar-refractivity contribution in [1.29, 1.82) is 0 Å². The summed E-state index contributed by atoms with van der Waals surface area (Å²) in [6.45, 7) is 3.92. The Bertz CT molecular complexity index is 1130. The monoisotopic (exact) mass is 501 g/mol. The van der Waals surface area contributed by atoms with E-state index in [1.54, 1.807) is 18.7 Å². The first-order valence-electron chi connectivity index (χ1n) is 10.5. The van der Waals surface area contributed by atoms with Crippen molar-refractivity contribution in [2.75, 3.05) is 25.1 Å². The van der Waals surface area contributed by atoms with E-state index in [0.29, 0.717) is 17.1 Å². The summed E-state index contributed by atoms with van der Waals surface area (Å²) in [4.78, 5) is 16.7. The number of ether oxygens (including phenoxy) is 1. The standard InChI is InChI=1S/C22H26F3N3O5S/c1-14-12-27(20-8-5-17(11-26-20)22(23,24)25)13-15(2)28(14)34(31,32)18-6-7-19(33-3)16(10-18)4-9-21(29)30/h5-8,10-11,14-15H,4,9,12-13H2,1-3H3,(H,29,30)/t14-,15+. The van der Waals surface area contributed by atoms with Crippen LogP contribution in [0.5, 0.6) is 5.75 Å². The van der Waals surface area contributed by atoms with E-state index >= 15 is 0 Å². The van der Waals surface area contributed by atoms with Crippen molar-refractivity contribution in [2.45, 2.75) is 49.8 Å². The van der Waals surface area contributed by atoms with Gasteiger partial charge < -0.3 is 14.7 Å². The third-order valence-corrected chi connectivity index (χ3v) is 7.80. The van der Waals surface area contributed by atoms with E-state index in [-0.39, 0.29) is 30.8 Å². The number of halogens is 3. The molecule has 0 spiro atoms. The second-order valence-corrected chi connectivity index (χ2v) is 10.1. The highest BCUT2D eigenvalue weighted by molar-refractivity contribution is 7.89. The van der Waals surface area contributed by atoms with E-state index in [0.717, 1.165) is 12.3 Å². The molecule has 34 heavy (non-hydrogen) atoms. The number of aromatic nitrogens is 1. The number of aryl methyl sites for hydroxylation is 1. The number of pyridine rings is 1. The van der Waals surface area contributed by atoms with Crippen LogP contribution in [0.3, 0.4) is 0 Å². The number of methoxy groups -OCH3 is 1. The van der Waals surface area contributed by atoms with Gasteiger partial charge in [0.15, 0.2) is 0 Å². The van der Waals surface area contributed by atoms with Crippen LogP contribution in [0.1, 0.15) is 31.4 Å². The number of carboxylic acid groups (broad SMARTS) is 1. The summed E-state index contributed by atoms with van der Waals surface area (Å²) in [6, 6.07) is 5.59. The Morgan fingerprint density at radius 1 is 1.18 bits per heavy atom. The summed E-state index contributed by atoms with van der Waals surface area (Å²) in [5.74, 6) is -0.269. The largest absolute Gasteiger partial charge is 0.496 e. The van der Waals surface area contributed by atoms with Crippen LogP contribution in [-0.4, -0.2) is 61.1 Å². The maximum absolute atomic E-state index is 13.5. The lowest BCUT2D eigenvalue weighted by Gasteiger charge is -2.43. The lowest BCUT2D eigenvalue weighted by Crippen LogP contribution is -2.58. The molecule has 1 aromatic carbocycles. The summed E-state index contributed by atoms with van der Waals surface area (Å²) < 4.78 is 72.1. The molecular weight excluding hydrogens is 475 g/mol. The zero-order valence-electron chi connectivity index (χ0n) is 18.9. The summed E-state index contributed by atoms with van der Waals surface area (Å²) >= 11 is 0.